The zero-order chi connectivity index (χ0) is 8.43. The molecule has 2 N–H and O–H groups in total. The molecule has 0 saturated carbocycles. The quantitative estimate of drug-likeness (QED) is 0.510. The molecule has 0 aromatic rings. The van der Waals surface area contributed by atoms with Crippen LogP contribution in [0.15, 0.2) is 0 Å². The van der Waals surface area contributed by atoms with Gasteiger partial charge in [-0.2, -0.15) is 0 Å². The van der Waals surface area contributed by atoms with Crippen LogP contribution in [0.25, 0.3) is 0 Å². The van der Waals surface area contributed by atoms with Crippen LogP contribution in [-0.4, -0.2) is 48.2 Å². The van der Waals surface area contributed by atoms with Crippen LogP contribution in [0, 0.1) is 0 Å². The molecule has 0 aliphatic carbocycles. The highest BCUT2D eigenvalue weighted by atomic mass is 16.6. The number of ether oxygens (including phenoxy) is 2. The van der Waals surface area contributed by atoms with E-state index in [9.17, 15) is 4.79 Å². The minimum Gasteiger partial charge on any atom is -0.479 e. The van der Waals surface area contributed by atoms with Crippen molar-refractivity contribution in [2.24, 2.45) is 0 Å². The average Bonchev–Trinajstić information content (AvgIpc) is 2.67. The molecule has 3 atom stereocenters. The lowest BCUT2D eigenvalue weighted by molar-refractivity contribution is -0.147. The van der Waals surface area contributed by atoms with Gasteiger partial charge in [-0.05, 0) is 0 Å². The van der Waals surface area contributed by atoms with Crippen LogP contribution in [0.1, 0.15) is 0 Å². The molecule has 1 fully saturated rings. The van der Waals surface area contributed by atoms with Gasteiger partial charge in [-0.25, -0.2) is 4.79 Å². The van der Waals surface area contributed by atoms with E-state index in [0.717, 1.165) is 0 Å². The number of rotatable bonds is 4. The zero-order valence-electron chi connectivity index (χ0n) is 6.06. The van der Waals surface area contributed by atoms with Crippen LogP contribution in [0.5, 0.6) is 0 Å². The first-order valence-corrected chi connectivity index (χ1v) is 3.22. The molecule has 0 radical (unpaired) electrons. The minimum atomic E-state index is -1.42. The largest absolute Gasteiger partial charge is 0.479 e. The maximum absolute atomic E-state index is 10.2. The number of carboxylic acid groups (broad SMARTS) is 1. The lowest BCUT2D eigenvalue weighted by Crippen LogP contribution is -2.27. The Balaban J connectivity index is 2.26. The molecule has 0 aromatic heterocycles. The summed E-state index contributed by atoms with van der Waals surface area (Å²) in [6, 6.07) is 0. The van der Waals surface area contributed by atoms with Crippen molar-refractivity contribution in [3.63, 3.8) is 0 Å². The van der Waals surface area contributed by atoms with Crippen LogP contribution in [0.3, 0.4) is 0 Å². The summed E-state index contributed by atoms with van der Waals surface area (Å²) in [6.45, 7) is 0.328. The Hall–Kier alpha value is -0.650. The Labute approximate surface area is 63.5 Å². The van der Waals surface area contributed by atoms with E-state index in [1.165, 1.54) is 7.11 Å². The lowest BCUT2D eigenvalue weighted by Gasteiger charge is -1.98. The van der Waals surface area contributed by atoms with Gasteiger partial charge in [0.1, 0.15) is 12.2 Å². The van der Waals surface area contributed by atoms with Gasteiger partial charge in [0, 0.05) is 7.11 Å². The Morgan fingerprint density at radius 1 is 1.82 bits per heavy atom. The summed E-state index contributed by atoms with van der Waals surface area (Å²) in [5, 5.41) is 17.2. The first-order valence-electron chi connectivity index (χ1n) is 3.22. The van der Waals surface area contributed by atoms with Gasteiger partial charge in [0.05, 0.1) is 6.61 Å². The predicted octanol–water partition coefficient (Wildman–Crippen LogP) is -1.15. The Morgan fingerprint density at radius 2 is 2.45 bits per heavy atom. The minimum absolute atomic E-state index is 0.258. The van der Waals surface area contributed by atoms with Crippen molar-refractivity contribution in [3.8, 4) is 0 Å². The second-order valence-electron chi connectivity index (χ2n) is 2.38. The van der Waals surface area contributed by atoms with E-state index >= 15 is 0 Å². The number of aliphatic carboxylic acids is 1. The molecular weight excluding hydrogens is 152 g/mol. The fraction of sp³-hybridized carbons (Fsp3) is 0.833. The van der Waals surface area contributed by atoms with Crippen LogP contribution < -0.4 is 0 Å². The van der Waals surface area contributed by atoms with Gasteiger partial charge in [0.2, 0.25) is 0 Å². The van der Waals surface area contributed by atoms with Crippen molar-refractivity contribution in [2.45, 2.75) is 18.3 Å². The third-order valence-electron chi connectivity index (χ3n) is 1.52. The van der Waals surface area contributed by atoms with Crippen LogP contribution in [-0.2, 0) is 14.3 Å². The fourth-order valence-corrected chi connectivity index (χ4v) is 0.873. The van der Waals surface area contributed by atoms with E-state index in [2.05, 4.69) is 0 Å². The number of epoxide rings is 1. The summed E-state index contributed by atoms with van der Waals surface area (Å²) in [7, 11) is 1.49. The number of aliphatic hydroxyl groups excluding tert-OH is 1. The van der Waals surface area contributed by atoms with E-state index in [4.69, 9.17) is 19.7 Å². The van der Waals surface area contributed by atoms with Gasteiger partial charge in [0.25, 0.3) is 0 Å². The molecule has 1 aliphatic rings. The molecule has 5 nitrogen and oxygen atoms in total. The molecule has 1 rings (SSSR count). The van der Waals surface area contributed by atoms with E-state index in [1.807, 2.05) is 0 Å². The molecule has 0 amide bonds. The monoisotopic (exact) mass is 162 g/mol. The van der Waals surface area contributed by atoms with Gasteiger partial charge in [-0.3, -0.25) is 0 Å². The summed E-state index contributed by atoms with van der Waals surface area (Å²) in [6.07, 6.45) is -2.27. The summed E-state index contributed by atoms with van der Waals surface area (Å²) in [5.41, 5.74) is 0. The number of methoxy groups -OCH3 is 1. The lowest BCUT2D eigenvalue weighted by atomic mass is 10.2. The standard InChI is InChI=1S/C6H10O5/c1-10-2-3-5(11-3)4(7)6(8)9/h3-5,7H,2H2,1H3,(H,8,9)/t3?,4-,5?/m1/s1. The molecule has 2 unspecified atom stereocenters. The third kappa shape index (κ3) is 1.89. The number of aliphatic hydroxyl groups is 1. The van der Waals surface area contributed by atoms with E-state index in [0.29, 0.717) is 6.61 Å². The molecule has 64 valence electrons. The second-order valence-corrected chi connectivity index (χ2v) is 2.38. The molecule has 1 saturated heterocycles. The first-order chi connectivity index (χ1) is 5.16. The first kappa shape index (κ1) is 8.45. The topological polar surface area (TPSA) is 79.3 Å². The van der Waals surface area contributed by atoms with Gasteiger partial charge >= 0.3 is 5.97 Å². The summed E-state index contributed by atoms with van der Waals surface area (Å²) in [4.78, 5) is 10.2. The molecular formula is C6H10O5. The van der Waals surface area contributed by atoms with Crippen molar-refractivity contribution >= 4 is 5.97 Å². The van der Waals surface area contributed by atoms with Crippen molar-refractivity contribution in [1.82, 2.24) is 0 Å². The second kappa shape index (κ2) is 3.17. The normalized spacial score (nSPS) is 31.5. The van der Waals surface area contributed by atoms with Crippen molar-refractivity contribution in [2.75, 3.05) is 13.7 Å². The third-order valence-corrected chi connectivity index (χ3v) is 1.52. The van der Waals surface area contributed by atoms with Gasteiger partial charge < -0.3 is 19.7 Å². The average molecular weight is 162 g/mol. The van der Waals surface area contributed by atoms with E-state index in [-0.39, 0.29) is 6.10 Å². The van der Waals surface area contributed by atoms with Crippen molar-refractivity contribution in [3.05, 3.63) is 0 Å². The molecule has 0 aromatic carbocycles. The maximum Gasteiger partial charge on any atom is 0.335 e. The van der Waals surface area contributed by atoms with Crippen LogP contribution in [0.4, 0.5) is 0 Å². The summed E-state index contributed by atoms with van der Waals surface area (Å²) >= 11 is 0. The number of hydrogen-bond acceptors (Lipinski definition) is 4. The highest BCUT2D eigenvalue weighted by molar-refractivity contribution is 5.73. The smallest absolute Gasteiger partial charge is 0.335 e. The number of carbonyl (C=O) groups is 1. The fourth-order valence-electron chi connectivity index (χ4n) is 0.873. The van der Waals surface area contributed by atoms with Crippen LogP contribution >= 0.6 is 0 Å². The highest BCUT2D eigenvalue weighted by Crippen LogP contribution is 2.25. The molecule has 1 heterocycles. The van der Waals surface area contributed by atoms with Gasteiger partial charge in [0.15, 0.2) is 6.10 Å². The molecule has 11 heavy (non-hydrogen) atoms. The zero-order valence-corrected chi connectivity index (χ0v) is 6.06. The van der Waals surface area contributed by atoms with E-state index < -0.39 is 18.2 Å². The van der Waals surface area contributed by atoms with Crippen molar-refractivity contribution < 1.29 is 24.5 Å². The van der Waals surface area contributed by atoms with Gasteiger partial charge in [-0.1, -0.05) is 0 Å². The summed E-state index contributed by atoms with van der Waals surface area (Å²) < 4.78 is 9.52. The SMILES string of the molecule is COCC1OC1[C@@H](O)C(=O)O. The summed E-state index contributed by atoms with van der Waals surface area (Å²) in [5.74, 6) is -1.26. The van der Waals surface area contributed by atoms with E-state index in [1.54, 1.807) is 0 Å². The Morgan fingerprint density at radius 3 is 2.91 bits per heavy atom. The molecule has 1 aliphatic heterocycles. The van der Waals surface area contributed by atoms with Crippen molar-refractivity contribution in [1.29, 1.82) is 0 Å². The number of carboxylic acids is 1. The van der Waals surface area contributed by atoms with Gasteiger partial charge in [-0.15, -0.1) is 0 Å². The highest BCUT2D eigenvalue weighted by Gasteiger charge is 2.47. The predicted molar refractivity (Wildman–Crippen MR) is 34.2 cm³/mol. The van der Waals surface area contributed by atoms with Crippen LogP contribution in [0.2, 0.25) is 0 Å². The molecule has 0 spiro atoms. The Kier molecular flexibility index (Phi) is 2.43. The number of hydrogen-bond donors (Lipinski definition) is 2. The molecule has 0 bridgehead atoms. The maximum atomic E-state index is 10.2. The molecule has 5 heteroatoms. The Bertz CT molecular complexity index is 157.